The monoisotopic (exact) mass is 240 g/mol. The normalized spacial score (nSPS) is 13.9. The smallest absolute Gasteiger partial charge is 0.383 e. The van der Waals surface area contributed by atoms with E-state index in [1.54, 1.807) is 0 Å². The Kier molecular flexibility index (Phi) is 3.16. The highest BCUT2D eigenvalue weighted by Crippen LogP contribution is 2.40. The van der Waals surface area contributed by atoms with E-state index in [-0.39, 0.29) is 0 Å². The SMILES string of the molecule is C=C(C)OS(=O)(=O)C(F)(F)C(F)(F)F. The molecule has 0 radical (unpaired) electrons. The Labute approximate surface area is 76.3 Å². The lowest BCUT2D eigenvalue weighted by molar-refractivity contribution is -0.243. The van der Waals surface area contributed by atoms with Crippen LogP contribution in [0.5, 0.6) is 0 Å². The van der Waals surface area contributed by atoms with Crippen molar-refractivity contribution in [1.29, 1.82) is 0 Å². The zero-order chi connectivity index (χ0) is 11.8. The third kappa shape index (κ3) is 2.34. The van der Waals surface area contributed by atoms with Crippen LogP contribution in [0.1, 0.15) is 6.92 Å². The Hall–Kier alpha value is -0.860. The summed E-state index contributed by atoms with van der Waals surface area (Å²) in [6.07, 6.45) is -6.22. The highest BCUT2D eigenvalue weighted by Gasteiger charge is 2.69. The van der Waals surface area contributed by atoms with E-state index < -0.39 is 27.3 Å². The van der Waals surface area contributed by atoms with Crippen molar-refractivity contribution >= 4 is 10.1 Å². The Morgan fingerprint density at radius 2 is 1.57 bits per heavy atom. The minimum Gasteiger partial charge on any atom is -0.383 e. The van der Waals surface area contributed by atoms with Crippen LogP contribution >= 0.6 is 0 Å². The summed E-state index contributed by atoms with van der Waals surface area (Å²) in [5.74, 6) is -0.783. The molecule has 0 fully saturated rings. The Morgan fingerprint density at radius 3 is 1.79 bits per heavy atom. The average Bonchev–Trinajstić information content (AvgIpc) is 1.80. The fraction of sp³-hybridized carbons (Fsp3) is 0.600. The maximum Gasteiger partial charge on any atom is 0.475 e. The second-order valence-corrected chi connectivity index (χ2v) is 3.84. The lowest BCUT2D eigenvalue weighted by Crippen LogP contribution is -2.44. The van der Waals surface area contributed by atoms with Gasteiger partial charge in [-0.05, 0) is 6.92 Å². The molecule has 9 heteroatoms. The molecule has 0 saturated heterocycles. The van der Waals surface area contributed by atoms with Crippen LogP contribution in [0, 0.1) is 0 Å². The maximum absolute atomic E-state index is 12.2. The van der Waals surface area contributed by atoms with Gasteiger partial charge in [-0.3, -0.25) is 0 Å². The molecule has 0 rings (SSSR count). The van der Waals surface area contributed by atoms with Crippen molar-refractivity contribution in [3.8, 4) is 0 Å². The summed E-state index contributed by atoms with van der Waals surface area (Å²) < 4.78 is 83.1. The first-order chi connectivity index (χ1) is 5.92. The van der Waals surface area contributed by atoms with Crippen LogP contribution in [-0.2, 0) is 14.3 Å². The highest BCUT2D eigenvalue weighted by atomic mass is 32.2. The summed E-state index contributed by atoms with van der Waals surface area (Å²) in [5, 5.41) is -5.95. The van der Waals surface area contributed by atoms with Gasteiger partial charge in [-0.1, -0.05) is 6.58 Å². The molecule has 0 aromatic rings. The molecule has 14 heavy (non-hydrogen) atoms. The number of hydrogen-bond donors (Lipinski definition) is 0. The number of alkyl halides is 5. The molecular formula is C5H5F5O3S. The molecule has 0 spiro atoms. The van der Waals surface area contributed by atoms with Crippen LogP contribution in [0.15, 0.2) is 12.3 Å². The first kappa shape index (κ1) is 13.1. The first-order valence-electron chi connectivity index (χ1n) is 2.96. The summed E-state index contributed by atoms with van der Waals surface area (Å²) in [6.45, 7) is 3.56. The lowest BCUT2D eigenvalue weighted by Gasteiger charge is -2.18. The van der Waals surface area contributed by atoms with Crippen molar-refractivity contribution in [2.24, 2.45) is 0 Å². The van der Waals surface area contributed by atoms with Gasteiger partial charge < -0.3 is 4.18 Å². The minimum atomic E-state index is -6.22. The Balaban J connectivity index is 5.20. The van der Waals surface area contributed by atoms with Crippen LogP contribution in [0.4, 0.5) is 22.0 Å². The Bertz CT molecular complexity index is 328. The summed E-state index contributed by atoms with van der Waals surface area (Å²) in [6, 6.07) is 0. The van der Waals surface area contributed by atoms with Crippen molar-refractivity contribution in [3.05, 3.63) is 12.3 Å². The molecule has 0 aliphatic rings. The van der Waals surface area contributed by atoms with Crippen molar-refractivity contribution < 1.29 is 34.6 Å². The molecule has 0 unspecified atom stereocenters. The van der Waals surface area contributed by atoms with E-state index in [1.165, 1.54) is 0 Å². The molecule has 0 saturated carbocycles. The van der Waals surface area contributed by atoms with E-state index in [4.69, 9.17) is 0 Å². The fourth-order valence-electron chi connectivity index (χ4n) is 0.381. The van der Waals surface area contributed by atoms with Crippen LogP contribution < -0.4 is 0 Å². The van der Waals surface area contributed by atoms with E-state index in [1.807, 2.05) is 0 Å². The van der Waals surface area contributed by atoms with Crippen molar-refractivity contribution in [2.45, 2.75) is 18.4 Å². The van der Waals surface area contributed by atoms with E-state index in [9.17, 15) is 30.4 Å². The van der Waals surface area contributed by atoms with Gasteiger partial charge in [0.2, 0.25) is 0 Å². The van der Waals surface area contributed by atoms with Gasteiger partial charge in [-0.25, -0.2) is 0 Å². The molecule has 0 atom stereocenters. The van der Waals surface area contributed by atoms with Gasteiger partial charge in [0.1, 0.15) is 5.76 Å². The van der Waals surface area contributed by atoms with Crippen molar-refractivity contribution in [1.82, 2.24) is 0 Å². The molecule has 0 N–H and O–H groups in total. The van der Waals surface area contributed by atoms with E-state index >= 15 is 0 Å². The van der Waals surface area contributed by atoms with Gasteiger partial charge >= 0.3 is 21.5 Å². The molecule has 0 aromatic carbocycles. The molecule has 0 aliphatic heterocycles. The van der Waals surface area contributed by atoms with Crippen molar-refractivity contribution in [3.63, 3.8) is 0 Å². The predicted molar refractivity (Wildman–Crippen MR) is 35.8 cm³/mol. The number of hydrogen-bond acceptors (Lipinski definition) is 3. The molecule has 0 bridgehead atoms. The van der Waals surface area contributed by atoms with Crippen LogP contribution in [0.3, 0.4) is 0 Å². The van der Waals surface area contributed by atoms with Crippen LogP contribution in [0.2, 0.25) is 0 Å². The third-order valence-electron chi connectivity index (χ3n) is 0.896. The standard InChI is InChI=1S/C5H5F5O3S/c1-3(2)13-14(11,12)5(9,10)4(6,7)8/h1H2,2H3. The summed E-state index contributed by atoms with van der Waals surface area (Å²) in [5.41, 5.74) is 0. The predicted octanol–water partition coefficient (Wildman–Crippen LogP) is 2.02. The number of halogens is 5. The fourth-order valence-corrected chi connectivity index (χ4v) is 1.14. The van der Waals surface area contributed by atoms with Gasteiger partial charge in [0.05, 0.1) is 0 Å². The van der Waals surface area contributed by atoms with E-state index in [0.29, 0.717) is 0 Å². The van der Waals surface area contributed by atoms with Gasteiger partial charge in [0.15, 0.2) is 0 Å². The summed E-state index contributed by atoms with van der Waals surface area (Å²) >= 11 is 0. The zero-order valence-electron chi connectivity index (χ0n) is 6.73. The zero-order valence-corrected chi connectivity index (χ0v) is 7.55. The quantitative estimate of drug-likeness (QED) is 0.430. The molecule has 3 nitrogen and oxygen atoms in total. The molecule has 0 aliphatic carbocycles. The second kappa shape index (κ2) is 3.37. The second-order valence-electron chi connectivity index (χ2n) is 2.25. The molecular weight excluding hydrogens is 235 g/mol. The first-order valence-corrected chi connectivity index (χ1v) is 4.36. The topological polar surface area (TPSA) is 43.4 Å². The number of allylic oxidation sites excluding steroid dienone is 1. The largest absolute Gasteiger partial charge is 0.475 e. The molecule has 0 amide bonds. The average molecular weight is 240 g/mol. The molecule has 0 aromatic heterocycles. The van der Waals surface area contributed by atoms with Gasteiger partial charge in [-0.2, -0.15) is 30.4 Å². The van der Waals surface area contributed by atoms with Crippen LogP contribution in [-0.4, -0.2) is 19.8 Å². The van der Waals surface area contributed by atoms with E-state index in [2.05, 4.69) is 10.8 Å². The lowest BCUT2D eigenvalue weighted by atomic mass is 10.7. The summed E-state index contributed by atoms with van der Waals surface area (Å²) in [7, 11) is -6.07. The van der Waals surface area contributed by atoms with E-state index in [0.717, 1.165) is 6.92 Å². The van der Waals surface area contributed by atoms with Gasteiger partial charge in [0, 0.05) is 0 Å². The van der Waals surface area contributed by atoms with Gasteiger partial charge in [0.25, 0.3) is 0 Å². The van der Waals surface area contributed by atoms with Crippen molar-refractivity contribution in [2.75, 3.05) is 0 Å². The third-order valence-corrected chi connectivity index (χ3v) is 2.26. The Morgan fingerprint density at radius 1 is 1.21 bits per heavy atom. The van der Waals surface area contributed by atoms with Crippen LogP contribution in [0.25, 0.3) is 0 Å². The number of rotatable bonds is 3. The molecule has 84 valence electrons. The highest BCUT2D eigenvalue weighted by molar-refractivity contribution is 7.88. The maximum atomic E-state index is 12.2. The minimum absolute atomic E-state index is 0.783. The van der Waals surface area contributed by atoms with Gasteiger partial charge in [-0.15, -0.1) is 0 Å². The summed E-state index contributed by atoms with van der Waals surface area (Å²) in [4.78, 5) is 0. The molecule has 0 heterocycles.